The van der Waals surface area contributed by atoms with E-state index < -0.39 is 35.5 Å². The number of esters is 1. The molecule has 150 valence electrons. The average Bonchev–Trinajstić information content (AvgIpc) is 2.52. The molecule has 0 spiro atoms. The molecule has 1 amide bonds. The molecule has 0 aliphatic rings. The normalized spacial score (nSPS) is 13.8. The van der Waals surface area contributed by atoms with Gasteiger partial charge < -0.3 is 15.6 Å². The molecule has 7 nitrogen and oxygen atoms in total. The van der Waals surface area contributed by atoms with Crippen LogP contribution in [0.5, 0.6) is 0 Å². The predicted octanol–water partition coefficient (Wildman–Crippen LogP) is 2.82. The first-order valence-corrected chi connectivity index (χ1v) is 8.99. The minimum atomic E-state index is -1.16. The third kappa shape index (κ3) is 6.36. The molecule has 3 N–H and O–H groups in total. The Hall–Kier alpha value is -2.41. The van der Waals surface area contributed by atoms with Gasteiger partial charge in [-0.3, -0.25) is 9.69 Å². The van der Waals surface area contributed by atoms with Gasteiger partial charge in [0.25, 0.3) is 0 Å². The summed E-state index contributed by atoms with van der Waals surface area (Å²) < 4.78 is 5.42. The molecular weight excluding hydrogens is 348 g/mol. The number of anilines is 1. The largest absolute Gasteiger partial charge is 0.480 e. The van der Waals surface area contributed by atoms with E-state index in [0.29, 0.717) is 0 Å². The van der Waals surface area contributed by atoms with E-state index in [4.69, 9.17) is 10.5 Å². The summed E-state index contributed by atoms with van der Waals surface area (Å²) in [6.07, 6.45) is 0.219. The zero-order chi connectivity index (χ0) is 20.9. The second kappa shape index (κ2) is 8.99. The van der Waals surface area contributed by atoms with Gasteiger partial charge in [-0.05, 0) is 52.2 Å². The highest BCUT2D eigenvalue weighted by molar-refractivity contribution is 6.07. The molecule has 0 bridgehead atoms. The van der Waals surface area contributed by atoms with Crippen molar-refractivity contribution in [3.63, 3.8) is 0 Å². The number of hydrogen-bond donors (Lipinski definition) is 2. The van der Waals surface area contributed by atoms with Crippen molar-refractivity contribution in [3.8, 4) is 0 Å². The molecule has 0 aliphatic carbocycles. The number of rotatable bonds is 7. The van der Waals surface area contributed by atoms with Crippen molar-refractivity contribution in [1.82, 2.24) is 0 Å². The van der Waals surface area contributed by atoms with Crippen molar-refractivity contribution in [3.05, 3.63) is 29.8 Å². The fraction of sp³-hybridized carbons (Fsp3) is 0.550. The summed E-state index contributed by atoms with van der Waals surface area (Å²) >= 11 is 0. The van der Waals surface area contributed by atoms with Gasteiger partial charge in [0.15, 0.2) is 0 Å². The molecule has 2 unspecified atom stereocenters. The number of carboxylic acid groups (broad SMARTS) is 1. The Bertz CT molecular complexity index is 692. The van der Waals surface area contributed by atoms with Crippen LogP contribution in [0.25, 0.3) is 0 Å². The zero-order valence-corrected chi connectivity index (χ0v) is 16.9. The van der Waals surface area contributed by atoms with Crippen LogP contribution in [0.15, 0.2) is 24.3 Å². The van der Waals surface area contributed by atoms with Crippen LogP contribution in [-0.4, -0.2) is 40.6 Å². The van der Waals surface area contributed by atoms with E-state index in [1.165, 1.54) is 19.1 Å². The maximum absolute atomic E-state index is 12.8. The summed E-state index contributed by atoms with van der Waals surface area (Å²) in [5, 5.41) is 9.75. The van der Waals surface area contributed by atoms with Crippen LogP contribution in [0.2, 0.25) is 0 Å². The summed E-state index contributed by atoms with van der Waals surface area (Å²) in [5.74, 6) is -2.34. The van der Waals surface area contributed by atoms with Crippen molar-refractivity contribution in [2.24, 2.45) is 11.7 Å². The third-order valence-electron chi connectivity index (χ3n) is 3.70. The van der Waals surface area contributed by atoms with Gasteiger partial charge in [-0.1, -0.05) is 26.0 Å². The molecule has 0 heterocycles. The summed E-state index contributed by atoms with van der Waals surface area (Å²) in [6, 6.07) is 4.25. The lowest BCUT2D eigenvalue weighted by atomic mass is 9.99. The Balaban J connectivity index is 3.53. The molecule has 27 heavy (non-hydrogen) atoms. The van der Waals surface area contributed by atoms with E-state index in [-0.39, 0.29) is 23.6 Å². The van der Waals surface area contributed by atoms with Gasteiger partial charge in [0.05, 0.1) is 17.3 Å². The van der Waals surface area contributed by atoms with E-state index in [9.17, 15) is 19.5 Å². The fourth-order valence-electron chi connectivity index (χ4n) is 2.61. The number of carboxylic acids is 1. The number of carbonyl (C=O) groups is 3. The second-order valence-electron chi connectivity index (χ2n) is 8.00. The lowest BCUT2D eigenvalue weighted by Crippen LogP contribution is -2.52. The number of ether oxygens (including phenoxy) is 1. The molecule has 2 atom stereocenters. The number of amides is 1. The highest BCUT2D eigenvalue weighted by atomic mass is 16.6. The molecule has 0 saturated carbocycles. The molecule has 1 aromatic carbocycles. The summed E-state index contributed by atoms with van der Waals surface area (Å²) in [7, 11) is 0. The summed E-state index contributed by atoms with van der Waals surface area (Å²) in [6.45, 7) is 10.4. The van der Waals surface area contributed by atoms with E-state index in [0.717, 1.165) is 4.90 Å². The van der Waals surface area contributed by atoms with Gasteiger partial charge in [0, 0.05) is 0 Å². The Morgan fingerprint density at radius 1 is 1.15 bits per heavy atom. The molecule has 0 saturated heterocycles. The van der Waals surface area contributed by atoms with Crippen molar-refractivity contribution in [1.29, 1.82) is 0 Å². The fourth-order valence-corrected chi connectivity index (χ4v) is 2.61. The average molecular weight is 378 g/mol. The van der Waals surface area contributed by atoms with E-state index in [1.54, 1.807) is 32.9 Å². The molecule has 0 fully saturated rings. The van der Waals surface area contributed by atoms with Gasteiger partial charge >= 0.3 is 11.9 Å². The van der Waals surface area contributed by atoms with Gasteiger partial charge in [-0.15, -0.1) is 0 Å². The Morgan fingerprint density at radius 2 is 1.70 bits per heavy atom. The van der Waals surface area contributed by atoms with Gasteiger partial charge in [-0.25, -0.2) is 9.59 Å². The second-order valence-corrected chi connectivity index (χ2v) is 8.00. The van der Waals surface area contributed by atoms with Crippen LogP contribution in [0.3, 0.4) is 0 Å². The maximum Gasteiger partial charge on any atom is 0.340 e. The first-order valence-electron chi connectivity index (χ1n) is 8.99. The highest BCUT2D eigenvalue weighted by Crippen LogP contribution is 2.28. The number of para-hydroxylation sites is 1. The number of nitrogens with zero attached hydrogens (tertiary/aromatic N) is 1. The van der Waals surface area contributed by atoms with Crippen molar-refractivity contribution >= 4 is 23.5 Å². The number of nitrogens with two attached hydrogens (primary N) is 1. The standard InChI is InChI=1S/C20H30N2O5/c1-12(2)11-16(18(24)25)22(17(23)13(3)21)15-10-8-7-9-14(15)19(26)27-20(4,5)6/h7-10,12-13,16H,11,21H2,1-6H3,(H,24,25). The lowest BCUT2D eigenvalue weighted by molar-refractivity contribution is -0.140. The van der Waals surface area contributed by atoms with E-state index in [1.807, 2.05) is 13.8 Å². The summed E-state index contributed by atoms with van der Waals surface area (Å²) in [5.41, 5.74) is 5.34. The quantitative estimate of drug-likeness (QED) is 0.706. The summed E-state index contributed by atoms with van der Waals surface area (Å²) in [4.78, 5) is 38.5. The molecule has 0 aromatic heterocycles. The smallest absolute Gasteiger partial charge is 0.340 e. The first-order chi connectivity index (χ1) is 12.3. The van der Waals surface area contributed by atoms with Crippen LogP contribution in [0, 0.1) is 5.92 Å². The monoisotopic (exact) mass is 378 g/mol. The number of carbonyl (C=O) groups excluding carboxylic acids is 2. The molecular formula is C20H30N2O5. The molecule has 1 rings (SSSR count). The topological polar surface area (TPSA) is 110 Å². The van der Waals surface area contributed by atoms with Crippen LogP contribution < -0.4 is 10.6 Å². The number of hydrogen-bond acceptors (Lipinski definition) is 5. The van der Waals surface area contributed by atoms with Crippen molar-refractivity contribution in [2.45, 2.75) is 65.6 Å². The van der Waals surface area contributed by atoms with Crippen LogP contribution in [0.4, 0.5) is 5.69 Å². The lowest BCUT2D eigenvalue weighted by Gasteiger charge is -2.33. The number of aliphatic carboxylic acids is 1. The molecule has 7 heteroatoms. The minimum absolute atomic E-state index is 0.0168. The molecule has 1 aromatic rings. The van der Waals surface area contributed by atoms with Gasteiger partial charge in [-0.2, -0.15) is 0 Å². The Morgan fingerprint density at radius 3 is 2.15 bits per heavy atom. The van der Waals surface area contributed by atoms with Crippen molar-refractivity contribution < 1.29 is 24.2 Å². The first kappa shape index (κ1) is 22.6. The SMILES string of the molecule is CC(C)CC(C(=O)O)N(C(=O)C(C)N)c1ccccc1C(=O)OC(C)(C)C. The predicted molar refractivity (Wildman–Crippen MR) is 104 cm³/mol. The third-order valence-corrected chi connectivity index (χ3v) is 3.70. The van der Waals surface area contributed by atoms with E-state index >= 15 is 0 Å². The molecule has 0 aliphatic heterocycles. The van der Waals surface area contributed by atoms with Gasteiger partial charge in [0.2, 0.25) is 5.91 Å². The zero-order valence-electron chi connectivity index (χ0n) is 16.9. The van der Waals surface area contributed by atoms with Gasteiger partial charge in [0.1, 0.15) is 11.6 Å². The minimum Gasteiger partial charge on any atom is -0.480 e. The Kier molecular flexibility index (Phi) is 7.54. The van der Waals surface area contributed by atoms with Crippen LogP contribution in [-0.2, 0) is 14.3 Å². The Labute approximate surface area is 160 Å². The molecule has 0 radical (unpaired) electrons. The van der Waals surface area contributed by atoms with E-state index in [2.05, 4.69) is 0 Å². The van der Waals surface area contributed by atoms with Crippen LogP contribution in [0.1, 0.15) is 58.3 Å². The number of benzene rings is 1. The maximum atomic E-state index is 12.8. The van der Waals surface area contributed by atoms with Crippen LogP contribution >= 0.6 is 0 Å². The highest BCUT2D eigenvalue weighted by Gasteiger charge is 2.35. The van der Waals surface area contributed by atoms with Crippen molar-refractivity contribution in [2.75, 3.05) is 4.90 Å².